The van der Waals surface area contributed by atoms with Crippen molar-refractivity contribution in [1.82, 2.24) is 0 Å². The van der Waals surface area contributed by atoms with Gasteiger partial charge in [0, 0.05) is 21.4 Å². The Hall–Kier alpha value is -3.22. The summed E-state index contributed by atoms with van der Waals surface area (Å²) < 4.78 is 11.6. The first kappa shape index (κ1) is 27.4. The number of anilines is 2. The molecule has 0 heterocycles. The van der Waals surface area contributed by atoms with E-state index in [0.29, 0.717) is 32.9 Å². The van der Waals surface area contributed by atoms with E-state index in [9.17, 15) is 9.59 Å². The molecule has 190 valence electrons. The minimum atomic E-state index is -0.347. The van der Waals surface area contributed by atoms with Crippen LogP contribution in [0.5, 0.6) is 11.5 Å². The molecule has 0 saturated carbocycles. The van der Waals surface area contributed by atoms with E-state index in [0.717, 1.165) is 16.7 Å². The van der Waals surface area contributed by atoms with Gasteiger partial charge in [-0.05, 0) is 72.4 Å². The number of nitrogens with one attached hydrogen (secondary N) is 2. The maximum absolute atomic E-state index is 12.6. The van der Waals surface area contributed by atoms with Crippen molar-refractivity contribution in [1.29, 1.82) is 0 Å². The Bertz CT molecular complexity index is 1270. The zero-order chi connectivity index (χ0) is 26.5. The van der Waals surface area contributed by atoms with E-state index in [1.807, 2.05) is 26.0 Å². The largest absolute Gasteiger partial charge is 0.480 e. The third-order valence-electron chi connectivity index (χ3n) is 5.61. The quantitative estimate of drug-likeness (QED) is 0.331. The highest BCUT2D eigenvalue weighted by molar-refractivity contribution is 6.32. The van der Waals surface area contributed by atoms with Crippen molar-refractivity contribution in [3.63, 3.8) is 0 Å². The van der Waals surface area contributed by atoms with Crippen LogP contribution in [0.1, 0.15) is 37.5 Å². The molecule has 0 atom stereocenters. The number of hydrogen-bond donors (Lipinski definition) is 2. The lowest BCUT2D eigenvalue weighted by atomic mass is 9.87. The van der Waals surface area contributed by atoms with Crippen molar-refractivity contribution < 1.29 is 19.1 Å². The van der Waals surface area contributed by atoms with Crippen LogP contribution in [0.2, 0.25) is 10.0 Å². The topological polar surface area (TPSA) is 76.7 Å². The van der Waals surface area contributed by atoms with E-state index in [1.165, 1.54) is 0 Å². The van der Waals surface area contributed by atoms with Gasteiger partial charge >= 0.3 is 0 Å². The molecule has 0 aromatic heterocycles. The summed E-state index contributed by atoms with van der Waals surface area (Å²) in [4.78, 5) is 25.1. The van der Waals surface area contributed by atoms with Gasteiger partial charge in [0.1, 0.15) is 0 Å². The third kappa shape index (κ3) is 7.15. The van der Waals surface area contributed by atoms with Gasteiger partial charge in [-0.3, -0.25) is 9.59 Å². The smallest absolute Gasteiger partial charge is 0.262 e. The predicted octanol–water partition coefficient (Wildman–Crippen LogP) is 6.94. The van der Waals surface area contributed by atoms with Crippen LogP contribution in [0.25, 0.3) is 0 Å². The molecular formula is C28H30Cl2N2O4. The molecule has 2 N–H and O–H groups in total. The SMILES string of the molecule is Cc1c(Cl)cccc1NC(=O)COc1ccc(C(C)(C)C)cc1OCC(=O)Nc1cccc(Cl)c1C. The predicted molar refractivity (Wildman–Crippen MR) is 146 cm³/mol. The van der Waals surface area contributed by atoms with Gasteiger partial charge in [-0.1, -0.05) is 62.2 Å². The van der Waals surface area contributed by atoms with Crippen molar-refractivity contribution in [3.8, 4) is 11.5 Å². The number of carbonyl (C=O) groups is 2. The molecule has 3 aromatic rings. The minimum Gasteiger partial charge on any atom is -0.480 e. The zero-order valence-corrected chi connectivity index (χ0v) is 22.5. The van der Waals surface area contributed by atoms with Crippen LogP contribution < -0.4 is 20.1 Å². The molecule has 36 heavy (non-hydrogen) atoms. The van der Waals surface area contributed by atoms with Crippen molar-refractivity contribution in [2.24, 2.45) is 0 Å². The summed E-state index contributed by atoms with van der Waals surface area (Å²) in [7, 11) is 0. The van der Waals surface area contributed by atoms with Crippen molar-refractivity contribution in [3.05, 3.63) is 81.3 Å². The summed E-state index contributed by atoms with van der Waals surface area (Å²) in [5, 5.41) is 6.74. The lowest BCUT2D eigenvalue weighted by Crippen LogP contribution is -2.23. The van der Waals surface area contributed by atoms with Crippen LogP contribution in [0, 0.1) is 13.8 Å². The lowest BCUT2D eigenvalue weighted by molar-refractivity contribution is -0.119. The van der Waals surface area contributed by atoms with E-state index in [2.05, 4.69) is 31.4 Å². The van der Waals surface area contributed by atoms with E-state index < -0.39 is 0 Å². The van der Waals surface area contributed by atoms with Gasteiger partial charge < -0.3 is 20.1 Å². The Morgan fingerprint density at radius 2 is 1.22 bits per heavy atom. The molecule has 0 radical (unpaired) electrons. The van der Waals surface area contributed by atoms with Crippen molar-refractivity contribution in [2.75, 3.05) is 23.8 Å². The standard InChI is InChI=1S/C28H30Cl2N2O4/c1-17-20(29)8-6-10-22(17)31-26(33)15-35-24-13-12-19(28(3,4)5)14-25(24)36-16-27(34)32-23-11-7-9-21(30)18(23)2/h6-14H,15-16H2,1-5H3,(H,31,33)(H,32,34). The molecule has 0 aliphatic heterocycles. The highest BCUT2D eigenvalue weighted by Crippen LogP contribution is 2.34. The highest BCUT2D eigenvalue weighted by Gasteiger charge is 2.19. The van der Waals surface area contributed by atoms with Crippen molar-refractivity contribution in [2.45, 2.75) is 40.0 Å². The first-order valence-corrected chi connectivity index (χ1v) is 12.2. The highest BCUT2D eigenvalue weighted by atomic mass is 35.5. The molecule has 0 aliphatic rings. The fraction of sp³-hybridized carbons (Fsp3) is 0.286. The van der Waals surface area contributed by atoms with Gasteiger partial charge in [-0.15, -0.1) is 0 Å². The average molecular weight is 529 g/mol. The fourth-order valence-electron chi connectivity index (χ4n) is 3.35. The van der Waals surface area contributed by atoms with Gasteiger partial charge in [0.2, 0.25) is 0 Å². The first-order valence-electron chi connectivity index (χ1n) is 11.5. The van der Waals surface area contributed by atoms with Crippen LogP contribution >= 0.6 is 23.2 Å². The van der Waals surface area contributed by atoms with Crippen molar-refractivity contribution >= 4 is 46.4 Å². The molecule has 2 amide bonds. The van der Waals surface area contributed by atoms with Gasteiger partial charge in [-0.25, -0.2) is 0 Å². The average Bonchev–Trinajstić information content (AvgIpc) is 2.82. The second kappa shape index (κ2) is 11.7. The summed E-state index contributed by atoms with van der Waals surface area (Å²) in [6.45, 7) is 9.38. The number of hydrogen-bond acceptors (Lipinski definition) is 4. The number of halogens is 2. The fourth-order valence-corrected chi connectivity index (χ4v) is 3.70. The second-order valence-electron chi connectivity index (χ2n) is 9.41. The molecule has 3 aromatic carbocycles. The summed E-state index contributed by atoms with van der Waals surface area (Å²) in [6.07, 6.45) is 0. The number of rotatable bonds is 8. The van der Waals surface area contributed by atoms with E-state index in [4.69, 9.17) is 32.7 Å². The Balaban J connectivity index is 1.70. The van der Waals surface area contributed by atoms with Gasteiger partial charge in [0.05, 0.1) is 0 Å². The second-order valence-corrected chi connectivity index (χ2v) is 10.2. The summed E-state index contributed by atoms with van der Waals surface area (Å²) in [6, 6.07) is 16.1. The Labute approximate surface area is 221 Å². The molecule has 0 spiro atoms. The van der Waals surface area contributed by atoms with E-state index in [1.54, 1.807) is 42.5 Å². The molecule has 0 bridgehead atoms. The molecule has 8 heteroatoms. The molecule has 6 nitrogen and oxygen atoms in total. The summed E-state index contributed by atoms with van der Waals surface area (Å²) in [5.74, 6) is 0.0295. The molecule has 3 rings (SSSR count). The summed E-state index contributed by atoms with van der Waals surface area (Å²) >= 11 is 12.3. The maximum Gasteiger partial charge on any atom is 0.262 e. The first-order chi connectivity index (χ1) is 17.0. The third-order valence-corrected chi connectivity index (χ3v) is 6.43. The van der Waals surface area contributed by atoms with Crippen LogP contribution in [0.3, 0.4) is 0 Å². The Morgan fingerprint density at radius 1 is 0.750 bits per heavy atom. The van der Waals surface area contributed by atoms with Gasteiger partial charge in [0.15, 0.2) is 24.7 Å². The van der Waals surface area contributed by atoms with Crippen LogP contribution in [0.15, 0.2) is 54.6 Å². The lowest BCUT2D eigenvalue weighted by Gasteiger charge is -2.21. The number of benzene rings is 3. The minimum absolute atomic E-state index is 0.154. The van der Waals surface area contributed by atoms with Crippen LogP contribution in [0.4, 0.5) is 11.4 Å². The monoisotopic (exact) mass is 528 g/mol. The zero-order valence-electron chi connectivity index (χ0n) is 21.0. The molecule has 0 aliphatic carbocycles. The normalized spacial score (nSPS) is 11.1. The maximum atomic E-state index is 12.6. The number of amides is 2. The van der Waals surface area contributed by atoms with Crippen LogP contribution in [-0.2, 0) is 15.0 Å². The Morgan fingerprint density at radius 3 is 1.69 bits per heavy atom. The number of ether oxygens (including phenoxy) is 2. The number of carbonyl (C=O) groups excluding carboxylic acids is 2. The summed E-state index contributed by atoms with van der Waals surface area (Å²) in [5.41, 5.74) is 3.61. The van der Waals surface area contributed by atoms with E-state index >= 15 is 0 Å². The van der Waals surface area contributed by atoms with Gasteiger partial charge in [-0.2, -0.15) is 0 Å². The molecule has 0 unspecified atom stereocenters. The van der Waals surface area contributed by atoms with Gasteiger partial charge in [0.25, 0.3) is 11.8 Å². The Kier molecular flexibility index (Phi) is 8.88. The molecule has 0 fully saturated rings. The molecule has 0 saturated heterocycles. The van der Waals surface area contributed by atoms with Crippen LogP contribution in [-0.4, -0.2) is 25.0 Å². The molecular weight excluding hydrogens is 499 g/mol. The van der Waals surface area contributed by atoms with E-state index in [-0.39, 0.29) is 30.4 Å².